The van der Waals surface area contributed by atoms with Crippen LogP contribution in [0, 0.1) is 30.6 Å². The number of esters is 1. The second-order valence-corrected chi connectivity index (χ2v) is 22.0. The molecule has 0 saturated carbocycles. The van der Waals surface area contributed by atoms with Gasteiger partial charge >= 0.3 is 11.8 Å². The molecule has 3 aromatic rings. The molecule has 5 N–H and O–H groups in total. The normalized spacial score (nSPS) is 30.3. The lowest BCUT2D eigenvalue weighted by molar-refractivity contribution is -0.686. The van der Waals surface area contributed by atoms with Gasteiger partial charge in [-0.1, -0.05) is 75.4 Å². The third kappa shape index (κ3) is 10.3. The second-order valence-electron chi connectivity index (χ2n) is 19.8. The molecule has 2 aromatic carbocycles. The van der Waals surface area contributed by atoms with Gasteiger partial charge in [-0.25, -0.2) is 4.79 Å². The van der Waals surface area contributed by atoms with E-state index in [2.05, 4.69) is 39.7 Å². The molecule has 10 atom stereocenters. The summed E-state index contributed by atoms with van der Waals surface area (Å²) in [7, 11) is 5.31. The Balaban J connectivity index is 1.33. The minimum atomic E-state index is -1.99. The number of aromatic hydroxyl groups is 2. The number of carbonyl (C=O) groups excluding carboxylic acids is 3. The monoisotopic (exact) mass is 1080 g/mol. The summed E-state index contributed by atoms with van der Waals surface area (Å²) in [5.74, 6) is -7.19. The highest BCUT2D eigenvalue weighted by Gasteiger charge is 2.50. The molecule has 0 radical (unpaired) electrons. The van der Waals surface area contributed by atoms with Crippen LogP contribution in [0.25, 0.3) is 10.8 Å². The van der Waals surface area contributed by atoms with Crippen LogP contribution < -0.4 is 30.2 Å². The van der Waals surface area contributed by atoms with E-state index in [0.717, 1.165) is 12.2 Å². The standard InChI is InChI=1S/C52H67IN6O11/c1-27-13-12-14-28(2)50(66)54-42-41-40(55-52(56-41)18-22-59(23-19-52)25-29(3)53)37-38(46(42)64)45(63)33(7)48-39(37)49(65)51(8,70-48)68-24-17-35(67-11)30(4)47(32(6)44(62)31(5)43(27)61)69-36(60)26-58-20-15-34(16-21-58)57(9)10/h12-17,20-21,24,27,29-32,35,43-44,47,61-62H,18-19,22-23,25-26H2,1-11H3,(H2-,54,55,56,63,64,65,66)/p+1/b13-12+,24-17+,28-14-/t27-,29?,30+,31+,32+,35-,43-,44+,47+,51-/m0/s1. The maximum Gasteiger partial charge on any atom is 0.372 e. The van der Waals surface area contributed by atoms with E-state index in [1.54, 1.807) is 75.9 Å². The third-order valence-corrected chi connectivity index (χ3v) is 14.8. The zero-order chi connectivity index (χ0) is 51.1. The molecular weight excluding hydrogens is 1010 g/mol. The van der Waals surface area contributed by atoms with E-state index in [0.29, 0.717) is 29.9 Å². The van der Waals surface area contributed by atoms with Gasteiger partial charge in [0.15, 0.2) is 23.8 Å². The van der Waals surface area contributed by atoms with Crippen molar-refractivity contribution >= 4 is 62.4 Å². The number of likely N-dealkylation sites (tertiary alicyclic amines) is 1. The maximum absolute atomic E-state index is 14.9. The first-order valence-corrected chi connectivity index (χ1v) is 25.2. The number of ketones is 1. The van der Waals surface area contributed by atoms with Gasteiger partial charge in [-0.3, -0.25) is 19.6 Å². The quantitative estimate of drug-likeness (QED) is 0.0698. The number of anilines is 2. The van der Waals surface area contributed by atoms with E-state index in [1.165, 1.54) is 20.3 Å². The number of pyridine rings is 1. The molecule has 378 valence electrons. The lowest BCUT2D eigenvalue weighted by atomic mass is 9.78. The smallest absolute Gasteiger partial charge is 0.372 e. The van der Waals surface area contributed by atoms with Gasteiger partial charge in [0.05, 0.1) is 40.9 Å². The summed E-state index contributed by atoms with van der Waals surface area (Å²) in [6, 6.07) is 3.75. The molecule has 8 rings (SSSR count). The Morgan fingerprint density at radius 1 is 0.986 bits per heavy atom. The SMILES string of the molecule is CO[C@H]1/C=C/O[C@@]2(C)Oc3c(C)c(O)c4c(O)c(c5c(c4c3C2=O)=NC2(CCN(CC(C)I)CC2)N=5)NC(=O)/C(C)=C\C=C\[C@H](C)[C@H](O)[C@@H](C)[C@@H](O)[C@@H](C)[C@H](OC(=O)C[n+]2ccc(N(C)C)cc2)[C@@H]1C. The Bertz CT molecular complexity index is 2730. The summed E-state index contributed by atoms with van der Waals surface area (Å²) in [5, 5.41) is 51.0. The topological polar surface area (TPSA) is 216 Å². The number of halogens is 1. The van der Waals surface area contributed by atoms with Crippen molar-refractivity contribution in [2.24, 2.45) is 33.7 Å². The van der Waals surface area contributed by atoms with Crippen molar-refractivity contribution in [1.82, 2.24) is 4.90 Å². The molecule has 1 aromatic heterocycles. The van der Waals surface area contributed by atoms with Crippen LogP contribution in [0.4, 0.5) is 11.4 Å². The van der Waals surface area contributed by atoms with E-state index in [1.807, 2.05) is 38.1 Å². The van der Waals surface area contributed by atoms with E-state index < -0.39 is 82.9 Å². The van der Waals surface area contributed by atoms with Crippen LogP contribution in [0.5, 0.6) is 17.2 Å². The molecule has 1 unspecified atom stereocenters. The minimum absolute atomic E-state index is 0.0274. The molecule has 17 nitrogen and oxygen atoms in total. The summed E-state index contributed by atoms with van der Waals surface area (Å²) in [5.41, 5.74) is 0.328. The van der Waals surface area contributed by atoms with Crippen LogP contribution in [0.2, 0.25) is 0 Å². The van der Waals surface area contributed by atoms with Crippen LogP contribution >= 0.6 is 22.6 Å². The number of carbonyl (C=O) groups is 3. The number of benzene rings is 2. The summed E-state index contributed by atoms with van der Waals surface area (Å²) in [4.78, 5) is 57.3. The van der Waals surface area contributed by atoms with Crippen LogP contribution in [0.3, 0.4) is 0 Å². The molecule has 5 aliphatic rings. The molecule has 1 saturated heterocycles. The van der Waals surface area contributed by atoms with E-state index in [-0.39, 0.29) is 61.9 Å². The van der Waals surface area contributed by atoms with Crippen LogP contribution in [-0.2, 0) is 30.3 Å². The number of hydrogen-bond acceptors (Lipinski definition) is 15. The number of Topliss-reactive ketones (excluding diaryl/α,β-unsaturated/α-hetero) is 1. The number of aliphatic hydroxyl groups excluding tert-OH is 2. The number of phenolic OH excluding ortho intramolecular Hbond substituents is 2. The Kier molecular flexibility index (Phi) is 15.7. The number of ether oxygens (including phenoxy) is 4. The molecule has 6 heterocycles. The van der Waals surface area contributed by atoms with Crippen molar-refractivity contribution in [2.45, 2.75) is 115 Å². The van der Waals surface area contributed by atoms with Crippen molar-refractivity contribution in [3.05, 3.63) is 82.5 Å². The molecule has 0 aliphatic carbocycles. The summed E-state index contributed by atoms with van der Waals surface area (Å²) >= 11 is 2.40. The highest BCUT2D eigenvalue weighted by atomic mass is 127. The number of allylic oxidation sites excluding steroid dienone is 2. The fraction of sp³-hybridized carbons (Fsp3) is 0.538. The number of aliphatic hydroxyl groups is 2. The van der Waals surface area contributed by atoms with Crippen molar-refractivity contribution in [2.75, 3.05) is 51.1 Å². The predicted molar refractivity (Wildman–Crippen MR) is 272 cm³/mol. The molecule has 1 fully saturated rings. The minimum Gasteiger partial charge on any atom is -0.507 e. The first-order chi connectivity index (χ1) is 33.0. The molecule has 5 aliphatic heterocycles. The number of aromatic nitrogens is 1. The molecule has 1 spiro atoms. The predicted octanol–water partition coefficient (Wildman–Crippen LogP) is 4.95. The first-order valence-electron chi connectivity index (χ1n) is 23.9. The van der Waals surface area contributed by atoms with Gasteiger partial charge in [0.2, 0.25) is 6.54 Å². The summed E-state index contributed by atoms with van der Waals surface area (Å²) in [6.45, 7) is 16.0. The van der Waals surface area contributed by atoms with E-state index in [4.69, 9.17) is 28.9 Å². The van der Waals surface area contributed by atoms with Crippen molar-refractivity contribution in [3.63, 3.8) is 0 Å². The van der Waals surface area contributed by atoms with Gasteiger partial charge in [0, 0.05) is 123 Å². The Morgan fingerprint density at radius 3 is 2.27 bits per heavy atom. The zero-order valence-electron chi connectivity index (χ0n) is 41.9. The highest BCUT2D eigenvalue weighted by Crippen LogP contribution is 2.50. The Hall–Kier alpha value is -5.15. The molecule has 1 amide bonds. The van der Waals surface area contributed by atoms with Crippen molar-refractivity contribution in [1.29, 1.82) is 0 Å². The van der Waals surface area contributed by atoms with Gasteiger partial charge in [0.25, 0.3) is 11.7 Å². The third-order valence-electron chi connectivity index (χ3n) is 14.4. The van der Waals surface area contributed by atoms with Crippen LogP contribution in [0.15, 0.2) is 70.7 Å². The van der Waals surface area contributed by atoms with Gasteiger partial charge in [0.1, 0.15) is 28.6 Å². The first kappa shape index (κ1) is 52.7. The fourth-order valence-corrected chi connectivity index (χ4v) is 10.6. The van der Waals surface area contributed by atoms with Gasteiger partial charge in [-0.15, -0.1) is 0 Å². The molecule has 70 heavy (non-hydrogen) atoms. The summed E-state index contributed by atoms with van der Waals surface area (Å²) < 4.78 is 26.9. The number of nitrogens with zero attached hydrogens (tertiary/aromatic N) is 5. The van der Waals surface area contributed by atoms with Crippen LogP contribution in [0.1, 0.15) is 77.2 Å². The maximum atomic E-state index is 14.9. The second kappa shape index (κ2) is 20.9. The number of rotatable bonds is 7. The number of methoxy groups -OCH3 is 1. The largest absolute Gasteiger partial charge is 0.507 e. The molecule has 5 bridgehead atoms. The number of phenols is 2. The van der Waals surface area contributed by atoms with Crippen molar-refractivity contribution in [3.8, 4) is 17.2 Å². The average molecular weight is 1080 g/mol. The number of piperidine rings is 1. The van der Waals surface area contributed by atoms with Crippen LogP contribution in [-0.4, -0.2) is 124 Å². The lowest BCUT2D eigenvalue weighted by Crippen LogP contribution is -2.48. The number of nitrogens with one attached hydrogen (secondary N) is 1. The lowest BCUT2D eigenvalue weighted by Gasteiger charge is -2.38. The average Bonchev–Trinajstić information content (AvgIpc) is 3.82. The summed E-state index contributed by atoms with van der Waals surface area (Å²) in [6.07, 6.45) is 8.36. The van der Waals surface area contributed by atoms with Crippen molar-refractivity contribution < 1.29 is 58.3 Å². The fourth-order valence-electron chi connectivity index (χ4n) is 10.0. The van der Waals surface area contributed by atoms with Gasteiger partial charge < -0.3 is 54.5 Å². The Labute approximate surface area is 422 Å². The van der Waals surface area contributed by atoms with E-state index >= 15 is 0 Å². The molecule has 18 heteroatoms. The number of fused-ring (bicyclic) bond motifs is 13. The number of amides is 1. The molecular formula is C52H68IN6O11+. The van der Waals surface area contributed by atoms with Gasteiger partial charge in [-0.2, -0.15) is 4.57 Å². The highest BCUT2D eigenvalue weighted by molar-refractivity contribution is 14.1. The Morgan fingerprint density at radius 2 is 1.64 bits per heavy atom. The van der Waals surface area contributed by atoms with E-state index in [9.17, 15) is 34.8 Å². The van der Waals surface area contributed by atoms with Gasteiger partial charge in [-0.05, 0) is 19.9 Å². The number of hydrogen-bond donors (Lipinski definition) is 5. The number of alkyl halides is 1. The zero-order valence-corrected chi connectivity index (χ0v) is 44.1.